The number of rotatable bonds is 7. The van der Waals surface area contributed by atoms with Gasteiger partial charge in [-0.3, -0.25) is 0 Å². The van der Waals surface area contributed by atoms with Crippen LogP contribution >= 0.6 is 0 Å². The van der Waals surface area contributed by atoms with Gasteiger partial charge in [0.25, 0.3) is 0 Å². The first-order valence-corrected chi connectivity index (χ1v) is 11.1. The van der Waals surface area contributed by atoms with Crippen LogP contribution < -0.4 is 0 Å². The Bertz CT molecular complexity index is 936. The Hall–Kier alpha value is -2.19. The molecule has 34 heavy (non-hydrogen) atoms. The Kier molecular flexibility index (Phi) is 7.35. The SMILES string of the molecule is CCCC1CCC(c2ccc(-c3ccc(C(F)(F)C(F)(F)C(F)(F)C(F)(F)F)cc3)cc2)CC1. The van der Waals surface area contributed by atoms with E-state index in [9.17, 15) is 39.5 Å². The van der Waals surface area contributed by atoms with Crippen LogP contribution in [0.4, 0.5) is 39.5 Å². The van der Waals surface area contributed by atoms with Crippen molar-refractivity contribution in [2.45, 2.75) is 75.3 Å². The first-order valence-electron chi connectivity index (χ1n) is 11.1. The Morgan fingerprint density at radius 1 is 0.647 bits per heavy atom. The van der Waals surface area contributed by atoms with E-state index < -0.39 is 29.5 Å². The van der Waals surface area contributed by atoms with Crippen molar-refractivity contribution in [1.29, 1.82) is 0 Å². The molecule has 0 spiro atoms. The zero-order chi connectivity index (χ0) is 25.4. The highest BCUT2D eigenvalue weighted by Crippen LogP contribution is 2.56. The van der Waals surface area contributed by atoms with E-state index in [2.05, 4.69) is 6.92 Å². The molecule has 0 N–H and O–H groups in total. The maximum Gasteiger partial charge on any atom is 0.460 e. The van der Waals surface area contributed by atoms with E-state index in [1.54, 1.807) is 12.1 Å². The highest BCUT2D eigenvalue weighted by atomic mass is 19.4. The van der Waals surface area contributed by atoms with Gasteiger partial charge in [-0.1, -0.05) is 68.3 Å². The summed E-state index contributed by atoms with van der Waals surface area (Å²) in [5, 5.41) is 0. The van der Waals surface area contributed by atoms with Gasteiger partial charge >= 0.3 is 23.9 Å². The lowest BCUT2D eigenvalue weighted by atomic mass is 9.77. The number of halogens is 9. The molecule has 0 heterocycles. The standard InChI is InChI=1S/C25H25F9/c1-2-3-16-4-6-17(7-5-16)18-8-10-19(11-9-18)20-12-14-21(15-13-20)22(26,27)23(28,29)24(30,31)25(32,33)34/h8-17H,2-7H2,1H3. The lowest BCUT2D eigenvalue weighted by Crippen LogP contribution is -2.59. The monoisotopic (exact) mass is 496 g/mol. The first-order chi connectivity index (χ1) is 15.7. The van der Waals surface area contributed by atoms with Crippen LogP contribution in [0.15, 0.2) is 48.5 Å². The summed E-state index contributed by atoms with van der Waals surface area (Å²) in [6.07, 6.45) is 0.0194. The Morgan fingerprint density at radius 2 is 1.12 bits per heavy atom. The lowest BCUT2D eigenvalue weighted by Gasteiger charge is -2.33. The molecule has 0 bridgehead atoms. The molecular weight excluding hydrogens is 471 g/mol. The van der Waals surface area contributed by atoms with E-state index in [1.165, 1.54) is 6.42 Å². The quantitative estimate of drug-likeness (QED) is 0.335. The molecule has 188 valence electrons. The zero-order valence-corrected chi connectivity index (χ0v) is 18.4. The Morgan fingerprint density at radius 3 is 1.56 bits per heavy atom. The molecule has 9 heteroatoms. The molecule has 1 aliphatic carbocycles. The molecule has 1 aliphatic rings. The van der Waals surface area contributed by atoms with E-state index in [4.69, 9.17) is 0 Å². The number of alkyl halides is 9. The van der Waals surface area contributed by atoms with Crippen molar-refractivity contribution < 1.29 is 39.5 Å². The summed E-state index contributed by atoms with van der Waals surface area (Å²) in [5.41, 5.74) is 0.413. The fraction of sp³-hybridized carbons (Fsp3) is 0.520. The highest BCUT2D eigenvalue weighted by molar-refractivity contribution is 5.64. The topological polar surface area (TPSA) is 0 Å². The lowest BCUT2D eigenvalue weighted by molar-refractivity contribution is -0.399. The molecular formula is C25H25F9. The molecule has 0 radical (unpaired) electrons. The number of benzene rings is 2. The minimum Gasteiger partial charge on any atom is -0.194 e. The third kappa shape index (κ3) is 4.80. The molecule has 0 aliphatic heterocycles. The minimum atomic E-state index is -6.91. The summed E-state index contributed by atoms with van der Waals surface area (Å²) in [5.74, 6) is -18.2. The van der Waals surface area contributed by atoms with Crippen LogP contribution in [0.2, 0.25) is 0 Å². The molecule has 2 aromatic carbocycles. The van der Waals surface area contributed by atoms with Gasteiger partial charge in [0, 0.05) is 5.56 Å². The average Bonchev–Trinajstić information content (AvgIpc) is 2.79. The summed E-state index contributed by atoms with van der Waals surface area (Å²) in [7, 11) is 0. The molecule has 0 unspecified atom stereocenters. The fourth-order valence-corrected chi connectivity index (χ4v) is 4.57. The summed E-state index contributed by atoms with van der Waals surface area (Å²) in [6, 6.07) is 10.2. The van der Waals surface area contributed by atoms with E-state index in [0.29, 0.717) is 29.2 Å². The van der Waals surface area contributed by atoms with Crippen molar-refractivity contribution in [3.63, 3.8) is 0 Å². The van der Waals surface area contributed by atoms with Gasteiger partial charge in [0.1, 0.15) is 0 Å². The second-order valence-electron chi connectivity index (χ2n) is 8.93. The largest absolute Gasteiger partial charge is 0.460 e. The molecule has 1 saturated carbocycles. The Labute approximate surface area is 192 Å². The average molecular weight is 496 g/mol. The van der Waals surface area contributed by atoms with E-state index in [0.717, 1.165) is 55.7 Å². The van der Waals surface area contributed by atoms with E-state index in [1.807, 2.05) is 12.1 Å². The maximum atomic E-state index is 14.1. The summed E-state index contributed by atoms with van der Waals surface area (Å²) in [4.78, 5) is 0. The predicted molar refractivity (Wildman–Crippen MR) is 111 cm³/mol. The van der Waals surface area contributed by atoms with Gasteiger partial charge in [0.2, 0.25) is 0 Å². The maximum absolute atomic E-state index is 14.1. The Balaban J connectivity index is 1.75. The molecule has 3 rings (SSSR count). The second kappa shape index (κ2) is 9.46. The van der Waals surface area contributed by atoms with Crippen LogP contribution in [0.3, 0.4) is 0 Å². The molecule has 0 saturated heterocycles. The van der Waals surface area contributed by atoms with Gasteiger partial charge in [-0.05, 0) is 54.2 Å². The van der Waals surface area contributed by atoms with Gasteiger partial charge < -0.3 is 0 Å². The normalized spacial score (nSPS) is 20.4. The van der Waals surface area contributed by atoms with Crippen molar-refractivity contribution in [2.24, 2.45) is 5.92 Å². The summed E-state index contributed by atoms with van der Waals surface area (Å²) >= 11 is 0. The van der Waals surface area contributed by atoms with Gasteiger partial charge in [-0.15, -0.1) is 0 Å². The van der Waals surface area contributed by atoms with Crippen molar-refractivity contribution in [3.8, 4) is 11.1 Å². The minimum absolute atomic E-state index is 0.337. The molecule has 2 aromatic rings. The van der Waals surface area contributed by atoms with Crippen molar-refractivity contribution >= 4 is 0 Å². The predicted octanol–water partition coefficient (Wildman–Crippen LogP) is 9.35. The van der Waals surface area contributed by atoms with Gasteiger partial charge in [0.05, 0.1) is 0 Å². The second-order valence-corrected chi connectivity index (χ2v) is 8.93. The van der Waals surface area contributed by atoms with Crippen LogP contribution in [-0.2, 0) is 5.92 Å². The number of hydrogen-bond acceptors (Lipinski definition) is 0. The van der Waals surface area contributed by atoms with E-state index in [-0.39, 0.29) is 0 Å². The zero-order valence-electron chi connectivity index (χ0n) is 18.4. The first kappa shape index (κ1) is 26.4. The third-order valence-corrected chi connectivity index (χ3v) is 6.65. The van der Waals surface area contributed by atoms with Crippen LogP contribution in [0.1, 0.15) is 62.5 Å². The summed E-state index contributed by atoms with van der Waals surface area (Å²) < 4.78 is 119. The fourth-order valence-electron chi connectivity index (χ4n) is 4.57. The van der Waals surface area contributed by atoms with Crippen molar-refractivity contribution in [2.75, 3.05) is 0 Å². The van der Waals surface area contributed by atoms with Crippen LogP contribution in [-0.4, -0.2) is 18.0 Å². The molecule has 0 atom stereocenters. The van der Waals surface area contributed by atoms with Crippen LogP contribution in [0.5, 0.6) is 0 Å². The van der Waals surface area contributed by atoms with Gasteiger partial charge in [0.15, 0.2) is 0 Å². The van der Waals surface area contributed by atoms with Gasteiger partial charge in [-0.25, -0.2) is 0 Å². The van der Waals surface area contributed by atoms with Crippen LogP contribution in [0, 0.1) is 5.92 Å². The molecule has 0 amide bonds. The molecule has 0 nitrogen and oxygen atoms in total. The van der Waals surface area contributed by atoms with Crippen molar-refractivity contribution in [1.82, 2.24) is 0 Å². The smallest absolute Gasteiger partial charge is 0.194 e. The summed E-state index contributed by atoms with van der Waals surface area (Å²) in [6.45, 7) is 2.17. The van der Waals surface area contributed by atoms with Gasteiger partial charge in [-0.2, -0.15) is 39.5 Å². The molecule has 1 fully saturated rings. The molecule has 0 aromatic heterocycles. The highest BCUT2D eigenvalue weighted by Gasteiger charge is 2.82. The third-order valence-electron chi connectivity index (χ3n) is 6.65. The van der Waals surface area contributed by atoms with E-state index >= 15 is 0 Å². The van der Waals surface area contributed by atoms with Crippen molar-refractivity contribution in [3.05, 3.63) is 59.7 Å². The number of hydrogen-bond donors (Lipinski definition) is 0. The van der Waals surface area contributed by atoms with Crippen LogP contribution in [0.25, 0.3) is 11.1 Å².